The summed E-state index contributed by atoms with van der Waals surface area (Å²) in [7, 11) is 0. The number of amides is 1. The molecule has 0 fully saturated rings. The fourth-order valence-electron chi connectivity index (χ4n) is 2.90. The van der Waals surface area contributed by atoms with Gasteiger partial charge in [0.1, 0.15) is 12.4 Å². The highest BCUT2D eigenvalue weighted by Crippen LogP contribution is 2.17. The fourth-order valence-corrected chi connectivity index (χ4v) is 3.07. The number of rotatable bonds is 5. The van der Waals surface area contributed by atoms with E-state index >= 15 is 0 Å². The Morgan fingerprint density at radius 1 is 1.21 bits per heavy atom. The average molecular weight is 404 g/mol. The highest BCUT2D eigenvalue weighted by Gasteiger charge is 2.19. The molecule has 3 aromatic rings. The zero-order valence-electron chi connectivity index (χ0n) is 15.4. The van der Waals surface area contributed by atoms with E-state index < -0.39 is 23.0 Å². The molecule has 0 unspecified atom stereocenters. The Hall–Kier alpha value is -2.93. The van der Waals surface area contributed by atoms with Crippen molar-refractivity contribution in [2.24, 2.45) is 0 Å². The van der Waals surface area contributed by atoms with Crippen LogP contribution in [-0.4, -0.2) is 21.1 Å². The minimum atomic E-state index is -0.816. The number of carbonyl (C=O) groups excluding carboxylic acids is 1. The van der Waals surface area contributed by atoms with Crippen LogP contribution in [0.3, 0.4) is 0 Å². The Morgan fingerprint density at radius 2 is 1.93 bits per heavy atom. The normalized spacial score (nSPS) is 12.1. The lowest BCUT2D eigenvalue weighted by Crippen LogP contribution is -2.43. The molecular formula is C20H19ClFN3O3. The topological polar surface area (TPSA) is 73.1 Å². The molecule has 0 aliphatic carbocycles. The predicted molar refractivity (Wildman–Crippen MR) is 107 cm³/mol. The minimum Gasteiger partial charge on any atom is -0.352 e. The van der Waals surface area contributed by atoms with E-state index in [0.29, 0.717) is 5.02 Å². The number of nitrogens with one attached hydrogen (secondary N) is 1. The summed E-state index contributed by atoms with van der Waals surface area (Å²) in [6, 6.07) is 9.82. The largest absolute Gasteiger partial charge is 0.352 e. The molecule has 0 spiro atoms. The van der Waals surface area contributed by atoms with Gasteiger partial charge in [-0.2, -0.15) is 0 Å². The highest BCUT2D eigenvalue weighted by atomic mass is 35.5. The SMILES string of the molecule is CC[C@H](C)NC(=O)Cn1c(=O)n(-c2ccccc2F)c(=O)c2ccc(Cl)cc21. The van der Waals surface area contributed by atoms with Crippen LogP contribution in [0.1, 0.15) is 20.3 Å². The lowest BCUT2D eigenvalue weighted by Gasteiger charge is -2.16. The molecule has 8 heteroatoms. The Bertz CT molecular complexity index is 1170. The molecule has 3 rings (SSSR count). The monoisotopic (exact) mass is 403 g/mol. The van der Waals surface area contributed by atoms with Gasteiger partial charge in [0.05, 0.1) is 16.6 Å². The van der Waals surface area contributed by atoms with Crippen LogP contribution in [0.2, 0.25) is 5.02 Å². The van der Waals surface area contributed by atoms with Crippen molar-refractivity contribution in [2.45, 2.75) is 32.9 Å². The Balaban J connectivity index is 2.28. The second kappa shape index (κ2) is 7.98. The van der Waals surface area contributed by atoms with Crippen molar-refractivity contribution in [1.29, 1.82) is 0 Å². The first-order chi connectivity index (χ1) is 13.3. The van der Waals surface area contributed by atoms with Gasteiger partial charge in [-0.25, -0.2) is 13.8 Å². The molecule has 0 bridgehead atoms. The predicted octanol–water partition coefficient (Wildman–Crippen LogP) is 2.86. The second-order valence-corrected chi connectivity index (χ2v) is 6.94. The first kappa shape index (κ1) is 19.8. The Labute approximate surface area is 165 Å². The van der Waals surface area contributed by atoms with Gasteiger partial charge in [-0.3, -0.25) is 14.2 Å². The number of hydrogen-bond donors (Lipinski definition) is 1. The van der Waals surface area contributed by atoms with Crippen molar-refractivity contribution in [3.05, 3.63) is 74.1 Å². The first-order valence-corrected chi connectivity index (χ1v) is 9.20. The maximum absolute atomic E-state index is 14.3. The maximum atomic E-state index is 14.3. The van der Waals surface area contributed by atoms with Crippen LogP contribution in [-0.2, 0) is 11.3 Å². The van der Waals surface area contributed by atoms with E-state index in [9.17, 15) is 18.8 Å². The third-order valence-electron chi connectivity index (χ3n) is 4.52. The molecule has 28 heavy (non-hydrogen) atoms. The van der Waals surface area contributed by atoms with Crippen molar-refractivity contribution >= 4 is 28.4 Å². The van der Waals surface area contributed by atoms with E-state index in [4.69, 9.17) is 11.6 Å². The van der Waals surface area contributed by atoms with Crippen LogP contribution in [0.25, 0.3) is 16.6 Å². The zero-order chi connectivity index (χ0) is 20.4. The molecule has 146 valence electrons. The summed E-state index contributed by atoms with van der Waals surface area (Å²) in [5.74, 6) is -1.11. The summed E-state index contributed by atoms with van der Waals surface area (Å²) in [5.41, 5.74) is -1.45. The lowest BCUT2D eigenvalue weighted by atomic mass is 10.2. The van der Waals surface area contributed by atoms with Gasteiger partial charge in [-0.05, 0) is 43.7 Å². The number of halogens is 2. The highest BCUT2D eigenvalue weighted by molar-refractivity contribution is 6.31. The van der Waals surface area contributed by atoms with Crippen molar-refractivity contribution in [1.82, 2.24) is 14.5 Å². The third kappa shape index (κ3) is 3.71. The quantitative estimate of drug-likeness (QED) is 0.712. The summed E-state index contributed by atoms with van der Waals surface area (Å²) in [6.07, 6.45) is 0.724. The smallest absolute Gasteiger partial charge is 0.336 e. The minimum absolute atomic E-state index is 0.0736. The molecule has 6 nitrogen and oxygen atoms in total. The van der Waals surface area contributed by atoms with E-state index in [1.54, 1.807) is 0 Å². The second-order valence-electron chi connectivity index (χ2n) is 6.50. The van der Waals surface area contributed by atoms with Gasteiger partial charge >= 0.3 is 5.69 Å². The van der Waals surface area contributed by atoms with Gasteiger partial charge in [0.2, 0.25) is 5.91 Å². The summed E-state index contributed by atoms with van der Waals surface area (Å²) in [5, 5.41) is 3.24. The van der Waals surface area contributed by atoms with Crippen LogP contribution in [0.4, 0.5) is 4.39 Å². The standard InChI is InChI=1S/C20H19ClFN3O3/c1-3-12(2)23-18(26)11-24-17-10-13(21)8-9-14(17)19(27)25(20(24)28)16-7-5-4-6-15(16)22/h4-10,12H,3,11H2,1-2H3,(H,23,26)/t12-/m0/s1. The van der Waals surface area contributed by atoms with Crippen molar-refractivity contribution in [2.75, 3.05) is 0 Å². The average Bonchev–Trinajstić information content (AvgIpc) is 2.66. The Kier molecular flexibility index (Phi) is 5.65. The van der Waals surface area contributed by atoms with Gasteiger partial charge in [0.25, 0.3) is 5.56 Å². The number of aromatic nitrogens is 2. The molecule has 0 aliphatic heterocycles. The molecule has 0 saturated carbocycles. The molecular weight excluding hydrogens is 385 g/mol. The molecule has 0 aliphatic rings. The van der Waals surface area contributed by atoms with E-state index in [2.05, 4.69) is 5.32 Å². The van der Waals surface area contributed by atoms with Crippen LogP contribution in [0.5, 0.6) is 0 Å². The van der Waals surface area contributed by atoms with Crippen LogP contribution in [0.15, 0.2) is 52.1 Å². The summed E-state index contributed by atoms with van der Waals surface area (Å²) < 4.78 is 16.2. The van der Waals surface area contributed by atoms with Gasteiger partial charge in [0, 0.05) is 11.1 Å². The van der Waals surface area contributed by atoms with Crippen LogP contribution >= 0.6 is 11.6 Å². The molecule has 1 amide bonds. The zero-order valence-corrected chi connectivity index (χ0v) is 16.2. The summed E-state index contributed by atoms with van der Waals surface area (Å²) in [4.78, 5) is 38.4. The molecule has 1 N–H and O–H groups in total. The van der Waals surface area contributed by atoms with Crippen LogP contribution in [0, 0.1) is 5.82 Å². The number of benzene rings is 2. The van der Waals surface area contributed by atoms with E-state index in [1.165, 1.54) is 36.4 Å². The number of para-hydroxylation sites is 1. The molecule has 2 aromatic carbocycles. The van der Waals surface area contributed by atoms with E-state index in [-0.39, 0.29) is 29.2 Å². The molecule has 1 aromatic heterocycles. The van der Waals surface area contributed by atoms with Gasteiger partial charge in [-0.1, -0.05) is 30.7 Å². The van der Waals surface area contributed by atoms with E-state index in [0.717, 1.165) is 21.6 Å². The number of hydrogen-bond acceptors (Lipinski definition) is 3. The molecule has 0 saturated heterocycles. The molecule has 1 heterocycles. The molecule has 0 radical (unpaired) electrons. The van der Waals surface area contributed by atoms with Crippen molar-refractivity contribution < 1.29 is 9.18 Å². The third-order valence-corrected chi connectivity index (χ3v) is 4.76. The van der Waals surface area contributed by atoms with E-state index in [1.807, 2.05) is 13.8 Å². The maximum Gasteiger partial charge on any atom is 0.336 e. The lowest BCUT2D eigenvalue weighted by molar-refractivity contribution is -0.122. The number of fused-ring (bicyclic) bond motifs is 1. The van der Waals surface area contributed by atoms with Gasteiger partial charge in [0.15, 0.2) is 0 Å². The number of nitrogens with zero attached hydrogens (tertiary/aromatic N) is 2. The summed E-state index contributed by atoms with van der Waals surface area (Å²) in [6.45, 7) is 3.44. The van der Waals surface area contributed by atoms with Gasteiger partial charge in [-0.15, -0.1) is 0 Å². The summed E-state index contributed by atoms with van der Waals surface area (Å²) >= 11 is 6.04. The fraction of sp³-hybridized carbons (Fsp3) is 0.250. The van der Waals surface area contributed by atoms with Gasteiger partial charge < -0.3 is 5.32 Å². The van der Waals surface area contributed by atoms with Crippen molar-refractivity contribution in [3.8, 4) is 5.69 Å². The molecule has 1 atom stereocenters. The Morgan fingerprint density at radius 3 is 2.61 bits per heavy atom. The number of carbonyl (C=O) groups is 1. The van der Waals surface area contributed by atoms with Crippen LogP contribution < -0.4 is 16.6 Å². The van der Waals surface area contributed by atoms with Crippen molar-refractivity contribution in [3.63, 3.8) is 0 Å². The first-order valence-electron chi connectivity index (χ1n) is 8.82.